The number of amides is 1. The Labute approximate surface area is 151 Å². The molecule has 0 radical (unpaired) electrons. The molecule has 1 amide bonds. The van der Waals surface area contributed by atoms with Gasteiger partial charge in [-0.3, -0.25) is 9.10 Å². The second kappa shape index (κ2) is 7.33. The summed E-state index contributed by atoms with van der Waals surface area (Å²) in [4.78, 5) is 12.4. The summed E-state index contributed by atoms with van der Waals surface area (Å²) in [5, 5.41) is 2.68. The van der Waals surface area contributed by atoms with Crippen LogP contribution in [0.3, 0.4) is 0 Å². The van der Waals surface area contributed by atoms with Crippen LogP contribution < -0.4 is 14.4 Å². The van der Waals surface area contributed by atoms with Crippen molar-refractivity contribution in [3.8, 4) is 5.75 Å². The highest BCUT2D eigenvalue weighted by Gasteiger charge is 2.28. The van der Waals surface area contributed by atoms with Gasteiger partial charge in [0.05, 0.1) is 23.7 Å². The van der Waals surface area contributed by atoms with Gasteiger partial charge in [0.1, 0.15) is 11.6 Å². The summed E-state index contributed by atoms with van der Waals surface area (Å²) in [6, 6.07) is 10.2. The largest absolute Gasteiger partial charge is 0.492 e. The molecule has 0 spiro atoms. The molecule has 138 valence electrons. The predicted octanol–water partition coefficient (Wildman–Crippen LogP) is 3.02. The standard InChI is InChI=1S/C18H19FN2O4S/c1-2-25-17-12-14(19)6-9-16(17)20-18(22)13-4-7-15(8-5-13)21-10-3-11-26(21,23)24/h4-9,12H,2-3,10-11H2,1H3,(H,20,22). The minimum absolute atomic E-state index is 0.139. The van der Waals surface area contributed by atoms with E-state index in [0.717, 1.165) is 0 Å². The third-order valence-corrected chi connectivity index (χ3v) is 5.88. The van der Waals surface area contributed by atoms with E-state index in [0.29, 0.717) is 36.5 Å². The monoisotopic (exact) mass is 378 g/mol. The van der Waals surface area contributed by atoms with E-state index in [1.807, 2.05) is 0 Å². The highest BCUT2D eigenvalue weighted by molar-refractivity contribution is 7.93. The van der Waals surface area contributed by atoms with Crippen LogP contribution in [0.1, 0.15) is 23.7 Å². The maximum absolute atomic E-state index is 13.3. The molecular formula is C18H19FN2O4S. The van der Waals surface area contributed by atoms with Gasteiger partial charge in [0.2, 0.25) is 10.0 Å². The van der Waals surface area contributed by atoms with E-state index in [-0.39, 0.29) is 11.5 Å². The van der Waals surface area contributed by atoms with Crippen LogP contribution in [0, 0.1) is 5.82 Å². The van der Waals surface area contributed by atoms with Crippen LogP contribution in [0.5, 0.6) is 5.75 Å². The van der Waals surface area contributed by atoms with Crippen molar-refractivity contribution in [1.82, 2.24) is 0 Å². The first-order valence-corrected chi connectivity index (χ1v) is 9.86. The molecule has 3 rings (SSSR count). The van der Waals surface area contributed by atoms with Gasteiger partial charge in [0.25, 0.3) is 5.91 Å². The molecule has 8 heteroatoms. The number of carbonyl (C=O) groups is 1. The van der Waals surface area contributed by atoms with E-state index in [1.54, 1.807) is 31.2 Å². The third-order valence-electron chi connectivity index (χ3n) is 4.01. The van der Waals surface area contributed by atoms with Crippen LogP contribution >= 0.6 is 0 Å². The molecule has 0 aliphatic carbocycles. The molecule has 1 saturated heterocycles. The smallest absolute Gasteiger partial charge is 0.255 e. The summed E-state index contributed by atoms with van der Waals surface area (Å²) in [6.45, 7) is 2.55. The number of halogens is 1. The molecule has 6 nitrogen and oxygen atoms in total. The van der Waals surface area contributed by atoms with Crippen molar-refractivity contribution in [3.05, 3.63) is 53.8 Å². The zero-order valence-electron chi connectivity index (χ0n) is 14.2. The lowest BCUT2D eigenvalue weighted by Crippen LogP contribution is -2.25. The minimum Gasteiger partial charge on any atom is -0.492 e. The average molecular weight is 378 g/mol. The number of sulfonamides is 1. The van der Waals surface area contributed by atoms with E-state index in [9.17, 15) is 17.6 Å². The molecule has 1 fully saturated rings. The number of hydrogen-bond acceptors (Lipinski definition) is 4. The fraction of sp³-hybridized carbons (Fsp3) is 0.278. The molecule has 0 bridgehead atoms. The number of benzene rings is 2. The lowest BCUT2D eigenvalue weighted by atomic mass is 10.2. The summed E-state index contributed by atoms with van der Waals surface area (Å²) in [5.41, 5.74) is 1.26. The van der Waals surface area contributed by atoms with E-state index >= 15 is 0 Å². The molecule has 0 atom stereocenters. The molecule has 0 saturated carbocycles. The molecule has 1 N–H and O–H groups in total. The summed E-state index contributed by atoms with van der Waals surface area (Å²) in [6.07, 6.45) is 0.593. The molecule has 2 aromatic rings. The summed E-state index contributed by atoms with van der Waals surface area (Å²) in [5.74, 6) is -0.461. The van der Waals surface area contributed by atoms with Gasteiger partial charge in [0.15, 0.2) is 0 Å². The zero-order chi connectivity index (χ0) is 18.7. The number of ether oxygens (including phenoxy) is 1. The second-order valence-corrected chi connectivity index (χ2v) is 7.83. The summed E-state index contributed by atoms with van der Waals surface area (Å²) >= 11 is 0. The fourth-order valence-corrected chi connectivity index (χ4v) is 4.34. The van der Waals surface area contributed by atoms with Gasteiger partial charge in [0, 0.05) is 18.2 Å². The average Bonchev–Trinajstić information content (AvgIpc) is 2.97. The lowest BCUT2D eigenvalue weighted by Gasteiger charge is -2.17. The first-order chi connectivity index (χ1) is 12.4. The Hall–Kier alpha value is -2.61. The Bertz CT molecular complexity index is 913. The van der Waals surface area contributed by atoms with Crippen molar-refractivity contribution in [3.63, 3.8) is 0 Å². The maximum atomic E-state index is 13.3. The van der Waals surface area contributed by atoms with Gasteiger partial charge in [-0.2, -0.15) is 0 Å². The molecule has 26 heavy (non-hydrogen) atoms. The van der Waals surface area contributed by atoms with Crippen molar-refractivity contribution in [2.75, 3.05) is 28.5 Å². The Kier molecular flexibility index (Phi) is 5.13. The summed E-state index contributed by atoms with van der Waals surface area (Å²) < 4.78 is 43.9. The van der Waals surface area contributed by atoms with Gasteiger partial charge < -0.3 is 10.1 Å². The molecule has 1 aliphatic rings. The van der Waals surface area contributed by atoms with Gasteiger partial charge in [-0.25, -0.2) is 12.8 Å². The SMILES string of the molecule is CCOc1cc(F)ccc1NC(=O)c1ccc(N2CCCS2(=O)=O)cc1. The zero-order valence-corrected chi connectivity index (χ0v) is 15.1. The van der Waals surface area contributed by atoms with Crippen molar-refractivity contribution >= 4 is 27.3 Å². The number of anilines is 2. The van der Waals surface area contributed by atoms with E-state index in [1.165, 1.54) is 22.5 Å². The Morgan fingerprint density at radius 1 is 1.23 bits per heavy atom. The highest BCUT2D eigenvalue weighted by Crippen LogP contribution is 2.27. The van der Waals surface area contributed by atoms with Crippen molar-refractivity contribution in [2.24, 2.45) is 0 Å². The van der Waals surface area contributed by atoms with Crippen molar-refractivity contribution < 1.29 is 22.3 Å². The fourth-order valence-electron chi connectivity index (χ4n) is 2.78. The minimum atomic E-state index is -3.26. The van der Waals surface area contributed by atoms with E-state index in [4.69, 9.17) is 4.74 Å². The van der Waals surface area contributed by atoms with Gasteiger partial charge in [-0.15, -0.1) is 0 Å². The third kappa shape index (κ3) is 3.80. The topological polar surface area (TPSA) is 75.7 Å². The summed E-state index contributed by atoms with van der Waals surface area (Å²) in [7, 11) is -3.26. The van der Waals surface area contributed by atoms with Crippen LogP contribution in [0.15, 0.2) is 42.5 Å². The van der Waals surface area contributed by atoms with Crippen molar-refractivity contribution in [1.29, 1.82) is 0 Å². The number of carbonyl (C=O) groups excluding carboxylic acids is 1. The van der Waals surface area contributed by atoms with Crippen LogP contribution in [0.4, 0.5) is 15.8 Å². The maximum Gasteiger partial charge on any atom is 0.255 e. The van der Waals surface area contributed by atoms with Crippen LogP contribution in [0.2, 0.25) is 0 Å². The number of nitrogens with one attached hydrogen (secondary N) is 1. The number of nitrogens with zero attached hydrogens (tertiary/aromatic N) is 1. The Morgan fingerprint density at radius 2 is 1.96 bits per heavy atom. The first kappa shape index (κ1) is 18.2. The molecule has 0 aromatic heterocycles. The van der Waals surface area contributed by atoms with Gasteiger partial charge in [-0.1, -0.05) is 0 Å². The molecule has 0 unspecified atom stereocenters. The van der Waals surface area contributed by atoms with E-state index in [2.05, 4.69) is 5.32 Å². The van der Waals surface area contributed by atoms with Gasteiger partial charge >= 0.3 is 0 Å². The Balaban J connectivity index is 1.77. The predicted molar refractivity (Wildman–Crippen MR) is 97.7 cm³/mol. The quantitative estimate of drug-likeness (QED) is 0.868. The lowest BCUT2D eigenvalue weighted by molar-refractivity contribution is 0.102. The first-order valence-electron chi connectivity index (χ1n) is 8.25. The van der Waals surface area contributed by atoms with E-state index < -0.39 is 21.7 Å². The Morgan fingerprint density at radius 3 is 2.58 bits per heavy atom. The molecule has 1 heterocycles. The van der Waals surface area contributed by atoms with Crippen molar-refractivity contribution in [2.45, 2.75) is 13.3 Å². The molecule has 2 aromatic carbocycles. The molecule has 1 aliphatic heterocycles. The number of hydrogen-bond donors (Lipinski definition) is 1. The second-order valence-electron chi connectivity index (χ2n) is 5.82. The van der Waals surface area contributed by atoms with Crippen LogP contribution in [-0.2, 0) is 10.0 Å². The molecular weight excluding hydrogens is 359 g/mol. The number of rotatable bonds is 5. The van der Waals surface area contributed by atoms with Crippen LogP contribution in [-0.4, -0.2) is 33.2 Å². The highest BCUT2D eigenvalue weighted by atomic mass is 32.2. The van der Waals surface area contributed by atoms with Crippen LogP contribution in [0.25, 0.3) is 0 Å². The normalized spacial score (nSPS) is 15.7. The van der Waals surface area contributed by atoms with Gasteiger partial charge in [-0.05, 0) is 49.7 Å².